The van der Waals surface area contributed by atoms with E-state index in [2.05, 4.69) is 0 Å². The van der Waals surface area contributed by atoms with Gasteiger partial charge in [0.15, 0.2) is 0 Å². The molecule has 0 saturated heterocycles. The van der Waals surface area contributed by atoms with Gasteiger partial charge in [0.05, 0.1) is 21.5 Å². The lowest BCUT2D eigenvalue weighted by Gasteiger charge is -2.18. The monoisotopic (exact) mass is 403 g/mol. The number of hydrogen-bond acceptors (Lipinski definition) is 4. The van der Waals surface area contributed by atoms with E-state index in [0.717, 1.165) is 0 Å². The van der Waals surface area contributed by atoms with E-state index < -0.39 is 10.0 Å². The fourth-order valence-corrected chi connectivity index (χ4v) is 3.65. The van der Waals surface area contributed by atoms with Gasteiger partial charge in [0.25, 0.3) is 0 Å². The first-order chi connectivity index (χ1) is 11.9. The van der Waals surface area contributed by atoms with Gasteiger partial charge in [-0.15, -0.1) is 0 Å². The molecule has 0 unspecified atom stereocenters. The summed E-state index contributed by atoms with van der Waals surface area (Å²) < 4.78 is 36.9. The summed E-state index contributed by atoms with van der Waals surface area (Å²) in [7, 11) is -0.577. The lowest BCUT2D eigenvalue weighted by molar-refractivity contribution is 0.146. The summed E-state index contributed by atoms with van der Waals surface area (Å²) in [6.07, 6.45) is 0. The smallest absolute Gasteiger partial charge is 0.243 e. The molecule has 0 spiro atoms. The lowest BCUT2D eigenvalue weighted by atomic mass is 10.2. The van der Waals surface area contributed by atoms with Crippen LogP contribution in [0.2, 0.25) is 10.0 Å². The number of rotatable bonds is 8. The fourth-order valence-electron chi connectivity index (χ4n) is 2.13. The fraction of sp³-hybridized carbons (Fsp3) is 0.294. The van der Waals surface area contributed by atoms with Crippen LogP contribution in [-0.2, 0) is 21.3 Å². The SMILES string of the molecule is COCCOc1ccc(S(=O)(=O)N(C)Cc2cccc(Cl)c2Cl)cc1. The molecule has 0 aliphatic rings. The molecule has 136 valence electrons. The minimum atomic E-state index is -3.66. The summed E-state index contributed by atoms with van der Waals surface area (Å²) in [5.74, 6) is 0.580. The van der Waals surface area contributed by atoms with Crippen LogP contribution in [0.3, 0.4) is 0 Å². The number of hydrogen-bond donors (Lipinski definition) is 0. The van der Waals surface area contributed by atoms with E-state index in [4.69, 9.17) is 32.7 Å². The minimum absolute atomic E-state index is 0.119. The van der Waals surface area contributed by atoms with Crippen molar-refractivity contribution in [3.63, 3.8) is 0 Å². The maximum Gasteiger partial charge on any atom is 0.243 e. The van der Waals surface area contributed by atoms with E-state index in [0.29, 0.717) is 34.6 Å². The molecule has 25 heavy (non-hydrogen) atoms. The van der Waals surface area contributed by atoms with Crippen LogP contribution in [0.15, 0.2) is 47.4 Å². The number of halogens is 2. The minimum Gasteiger partial charge on any atom is -0.491 e. The van der Waals surface area contributed by atoms with Crippen molar-refractivity contribution < 1.29 is 17.9 Å². The van der Waals surface area contributed by atoms with E-state index >= 15 is 0 Å². The third-order valence-electron chi connectivity index (χ3n) is 3.51. The molecule has 0 aliphatic heterocycles. The lowest BCUT2D eigenvalue weighted by Crippen LogP contribution is -2.26. The Balaban J connectivity index is 2.13. The molecule has 0 fully saturated rings. The van der Waals surface area contributed by atoms with Crippen LogP contribution in [0.25, 0.3) is 0 Å². The Morgan fingerprint density at radius 2 is 1.72 bits per heavy atom. The quantitative estimate of drug-likeness (QED) is 0.628. The van der Waals surface area contributed by atoms with Gasteiger partial charge in [-0.2, -0.15) is 4.31 Å². The van der Waals surface area contributed by atoms with Crippen molar-refractivity contribution in [1.29, 1.82) is 0 Å². The van der Waals surface area contributed by atoms with Crippen molar-refractivity contribution in [2.24, 2.45) is 0 Å². The van der Waals surface area contributed by atoms with Crippen molar-refractivity contribution >= 4 is 33.2 Å². The largest absolute Gasteiger partial charge is 0.491 e. The zero-order chi connectivity index (χ0) is 18.4. The van der Waals surface area contributed by atoms with E-state index in [9.17, 15) is 8.42 Å². The highest BCUT2D eigenvalue weighted by molar-refractivity contribution is 7.89. The highest BCUT2D eigenvalue weighted by Crippen LogP contribution is 2.28. The summed E-state index contributed by atoms with van der Waals surface area (Å²) >= 11 is 12.1. The van der Waals surface area contributed by atoms with Crippen molar-refractivity contribution in [2.75, 3.05) is 27.4 Å². The normalized spacial score (nSPS) is 11.7. The number of benzene rings is 2. The maximum absolute atomic E-state index is 12.7. The third-order valence-corrected chi connectivity index (χ3v) is 6.19. The molecule has 0 bridgehead atoms. The molecule has 2 rings (SSSR count). The van der Waals surface area contributed by atoms with E-state index in [1.807, 2.05) is 0 Å². The van der Waals surface area contributed by atoms with E-state index in [1.165, 1.54) is 23.5 Å². The molecular formula is C17H19Cl2NO4S. The van der Waals surface area contributed by atoms with Crippen LogP contribution in [0.4, 0.5) is 0 Å². The van der Waals surface area contributed by atoms with E-state index in [-0.39, 0.29) is 11.4 Å². The van der Waals surface area contributed by atoms with Crippen LogP contribution in [-0.4, -0.2) is 40.1 Å². The van der Waals surface area contributed by atoms with Crippen molar-refractivity contribution in [2.45, 2.75) is 11.4 Å². The molecule has 8 heteroatoms. The zero-order valence-corrected chi connectivity index (χ0v) is 16.2. The first kappa shape index (κ1) is 20.0. The summed E-state index contributed by atoms with van der Waals surface area (Å²) in [6.45, 7) is 0.979. The molecule has 0 atom stereocenters. The van der Waals surface area contributed by atoms with Gasteiger partial charge >= 0.3 is 0 Å². The zero-order valence-electron chi connectivity index (χ0n) is 13.9. The van der Waals surface area contributed by atoms with Crippen LogP contribution < -0.4 is 4.74 Å². The molecule has 5 nitrogen and oxygen atoms in total. The molecule has 2 aromatic carbocycles. The van der Waals surface area contributed by atoms with Gasteiger partial charge in [-0.1, -0.05) is 35.3 Å². The Labute approximate surface area is 158 Å². The molecule has 0 N–H and O–H groups in total. The average molecular weight is 404 g/mol. The Kier molecular flexibility index (Phi) is 7.10. The Morgan fingerprint density at radius 3 is 2.36 bits per heavy atom. The van der Waals surface area contributed by atoms with Crippen LogP contribution >= 0.6 is 23.2 Å². The highest BCUT2D eigenvalue weighted by Gasteiger charge is 2.22. The first-order valence-electron chi connectivity index (χ1n) is 7.47. The second-order valence-electron chi connectivity index (χ2n) is 5.29. The highest BCUT2D eigenvalue weighted by atomic mass is 35.5. The molecule has 0 aromatic heterocycles. The molecule has 0 heterocycles. The van der Waals surface area contributed by atoms with Crippen molar-refractivity contribution in [1.82, 2.24) is 4.31 Å². The third kappa shape index (κ3) is 5.09. The Morgan fingerprint density at radius 1 is 1.04 bits per heavy atom. The number of methoxy groups -OCH3 is 1. The van der Waals surface area contributed by atoms with Crippen molar-refractivity contribution in [3.8, 4) is 5.75 Å². The maximum atomic E-state index is 12.7. The van der Waals surface area contributed by atoms with Gasteiger partial charge in [0, 0.05) is 20.7 Å². The second kappa shape index (κ2) is 8.87. The van der Waals surface area contributed by atoms with Gasteiger partial charge in [0.1, 0.15) is 12.4 Å². The van der Waals surface area contributed by atoms with Gasteiger partial charge in [-0.05, 0) is 35.9 Å². The standard InChI is InChI=1S/C17H19Cl2NO4S/c1-20(12-13-4-3-5-16(18)17(13)19)25(21,22)15-8-6-14(7-9-15)24-11-10-23-2/h3-9H,10-12H2,1-2H3. The number of sulfonamides is 1. The summed E-state index contributed by atoms with van der Waals surface area (Å²) in [6, 6.07) is 11.4. The molecule has 0 saturated carbocycles. The predicted octanol–water partition coefficient (Wildman–Crippen LogP) is 3.84. The van der Waals surface area contributed by atoms with E-state index in [1.54, 1.807) is 37.4 Å². The van der Waals surface area contributed by atoms with Gasteiger partial charge < -0.3 is 9.47 Å². The van der Waals surface area contributed by atoms with Crippen molar-refractivity contribution in [3.05, 3.63) is 58.1 Å². The molecule has 0 radical (unpaired) electrons. The molecule has 2 aromatic rings. The number of ether oxygens (including phenoxy) is 2. The van der Waals surface area contributed by atoms with Gasteiger partial charge in [-0.25, -0.2) is 8.42 Å². The van der Waals surface area contributed by atoms with Crippen LogP contribution in [0.5, 0.6) is 5.75 Å². The number of nitrogens with zero attached hydrogens (tertiary/aromatic N) is 1. The average Bonchev–Trinajstić information content (AvgIpc) is 2.59. The second-order valence-corrected chi connectivity index (χ2v) is 8.12. The van der Waals surface area contributed by atoms with Gasteiger partial charge in [0.2, 0.25) is 10.0 Å². The summed E-state index contributed by atoms with van der Waals surface area (Å²) in [5.41, 5.74) is 0.639. The topological polar surface area (TPSA) is 55.8 Å². The van der Waals surface area contributed by atoms with Gasteiger partial charge in [-0.3, -0.25) is 0 Å². The summed E-state index contributed by atoms with van der Waals surface area (Å²) in [5, 5.41) is 0.746. The predicted molar refractivity (Wildman–Crippen MR) is 98.9 cm³/mol. The van der Waals surface area contributed by atoms with Crippen LogP contribution in [0.1, 0.15) is 5.56 Å². The summed E-state index contributed by atoms with van der Waals surface area (Å²) in [4.78, 5) is 0.173. The molecular weight excluding hydrogens is 385 g/mol. The molecule has 0 aliphatic carbocycles. The molecule has 0 amide bonds. The Hall–Kier alpha value is -1.31. The van der Waals surface area contributed by atoms with Crippen LogP contribution in [0, 0.1) is 0 Å². The Bertz CT molecular complexity index is 810. The first-order valence-corrected chi connectivity index (χ1v) is 9.67.